The van der Waals surface area contributed by atoms with E-state index in [1.54, 1.807) is 12.4 Å². The second-order valence-electron chi connectivity index (χ2n) is 3.41. The number of hydrogen-bond acceptors (Lipinski definition) is 4. The lowest BCUT2D eigenvalue weighted by atomic mass is 10.0. The zero-order valence-electron chi connectivity index (χ0n) is 7.85. The fourth-order valence-corrected chi connectivity index (χ4v) is 1.56. The molecule has 2 rings (SSSR count). The topological polar surface area (TPSA) is 52.1 Å². The number of nitrogens with zero attached hydrogens (tertiary/aromatic N) is 2. The van der Waals surface area contributed by atoms with Gasteiger partial charge in [0.15, 0.2) is 6.29 Å². The molecule has 14 heavy (non-hydrogen) atoms. The van der Waals surface area contributed by atoms with Gasteiger partial charge in [-0.1, -0.05) is 0 Å². The van der Waals surface area contributed by atoms with Gasteiger partial charge >= 0.3 is 0 Å². The molecule has 0 saturated carbocycles. The summed E-state index contributed by atoms with van der Waals surface area (Å²) in [5.41, 5.74) is 0.519. The Hall–Kier alpha value is -1.29. The van der Waals surface area contributed by atoms with Crippen molar-refractivity contribution in [2.75, 3.05) is 13.2 Å². The molecule has 0 bridgehead atoms. The van der Waals surface area contributed by atoms with Gasteiger partial charge in [0.25, 0.3) is 0 Å². The number of hydrogen-bond donors (Lipinski definition) is 0. The van der Waals surface area contributed by atoms with Gasteiger partial charge in [-0.05, 0) is 12.8 Å². The zero-order chi connectivity index (χ0) is 9.80. The molecule has 2 heterocycles. The highest BCUT2D eigenvalue weighted by Gasteiger charge is 2.18. The molecule has 4 heteroatoms. The quantitative estimate of drug-likeness (QED) is 0.660. The Bertz CT molecular complexity index is 304. The average Bonchev–Trinajstić information content (AvgIpc) is 2.30. The van der Waals surface area contributed by atoms with Crippen LogP contribution in [0.5, 0.6) is 0 Å². The monoisotopic (exact) mass is 192 g/mol. The van der Waals surface area contributed by atoms with Crippen molar-refractivity contribution in [1.82, 2.24) is 9.97 Å². The van der Waals surface area contributed by atoms with Crippen molar-refractivity contribution in [1.29, 1.82) is 0 Å². The molecule has 0 aromatic carbocycles. The predicted octanol–water partition coefficient (Wildman–Crippen LogP) is 1.18. The Morgan fingerprint density at radius 1 is 1.43 bits per heavy atom. The molecule has 1 aliphatic rings. The van der Waals surface area contributed by atoms with Gasteiger partial charge in [-0.2, -0.15) is 0 Å². The maximum Gasteiger partial charge on any atom is 0.153 e. The molecular formula is C10H12N2O2. The molecule has 1 aromatic heterocycles. The lowest BCUT2D eigenvalue weighted by molar-refractivity contribution is 0.0780. The highest BCUT2D eigenvalue weighted by molar-refractivity contribution is 5.73. The normalized spacial score (nSPS) is 21.9. The maximum absolute atomic E-state index is 10.4. The van der Waals surface area contributed by atoms with Gasteiger partial charge in [-0.3, -0.25) is 4.79 Å². The minimum atomic E-state index is 0.296. The van der Waals surface area contributed by atoms with Crippen LogP contribution < -0.4 is 0 Å². The van der Waals surface area contributed by atoms with Crippen LogP contribution >= 0.6 is 0 Å². The molecular weight excluding hydrogens is 180 g/mol. The number of carbonyl (C=O) groups excluding carboxylic acids is 1. The van der Waals surface area contributed by atoms with Crippen molar-refractivity contribution in [2.24, 2.45) is 0 Å². The van der Waals surface area contributed by atoms with Gasteiger partial charge in [0, 0.05) is 24.9 Å². The molecule has 1 aromatic rings. The van der Waals surface area contributed by atoms with Gasteiger partial charge in [-0.25, -0.2) is 9.97 Å². The van der Waals surface area contributed by atoms with Crippen LogP contribution in [0.3, 0.4) is 0 Å². The van der Waals surface area contributed by atoms with Crippen LogP contribution in [0, 0.1) is 0 Å². The van der Waals surface area contributed by atoms with Crippen molar-refractivity contribution in [2.45, 2.75) is 18.8 Å². The molecule has 0 amide bonds. The first-order chi connectivity index (χ1) is 6.90. The van der Waals surface area contributed by atoms with Gasteiger partial charge < -0.3 is 4.74 Å². The van der Waals surface area contributed by atoms with E-state index in [-0.39, 0.29) is 0 Å². The summed E-state index contributed by atoms with van der Waals surface area (Å²) >= 11 is 0. The SMILES string of the molecule is O=Cc1cnc(C2CCCOC2)nc1. The van der Waals surface area contributed by atoms with Gasteiger partial charge in [0.1, 0.15) is 5.82 Å². The van der Waals surface area contributed by atoms with Gasteiger partial charge in [-0.15, -0.1) is 0 Å². The van der Waals surface area contributed by atoms with Gasteiger partial charge in [0.2, 0.25) is 0 Å². The van der Waals surface area contributed by atoms with Crippen LogP contribution in [0.15, 0.2) is 12.4 Å². The highest BCUT2D eigenvalue weighted by Crippen LogP contribution is 2.21. The van der Waals surface area contributed by atoms with E-state index in [0.29, 0.717) is 18.1 Å². The molecule has 1 fully saturated rings. The Kier molecular flexibility index (Phi) is 2.84. The largest absolute Gasteiger partial charge is 0.381 e. The second-order valence-corrected chi connectivity index (χ2v) is 3.41. The third kappa shape index (κ3) is 1.96. The third-order valence-electron chi connectivity index (χ3n) is 2.35. The summed E-state index contributed by atoms with van der Waals surface area (Å²) in [5.74, 6) is 1.08. The van der Waals surface area contributed by atoms with Crippen molar-refractivity contribution < 1.29 is 9.53 Å². The van der Waals surface area contributed by atoms with Crippen LogP contribution in [0.25, 0.3) is 0 Å². The fourth-order valence-electron chi connectivity index (χ4n) is 1.56. The van der Waals surface area contributed by atoms with Gasteiger partial charge in [0.05, 0.1) is 12.2 Å². The lowest BCUT2D eigenvalue weighted by Gasteiger charge is -2.20. The molecule has 1 saturated heterocycles. The molecule has 1 aliphatic heterocycles. The Morgan fingerprint density at radius 3 is 2.79 bits per heavy atom. The van der Waals surface area contributed by atoms with Crippen LogP contribution in [-0.2, 0) is 4.74 Å². The third-order valence-corrected chi connectivity index (χ3v) is 2.35. The zero-order valence-corrected chi connectivity index (χ0v) is 7.85. The summed E-state index contributed by atoms with van der Waals surface area (Å²) in [6, 6.07) is 0. The molecule has 74 valence electrons. The Labute approximate surface area is 82.3 Å². The van der Waals surface area contributed by atoms with Crippen molar-refractivity contribution >= 4 is 6.29 Å². The number of rotatable bonds is 2. The number of ether oxygens (including phenoxy) is 1. The number of aldehydes is 1. The van der Waals surface area contributed by atoms with Crippen LogP contribution in [0.2, 0.25) is 0 Å². The van der Waals surface area contributed by atoms with Crippen molar-refractivity contribution in [3.63, 3.8) is 0 Å². The summed E-state index contributed by atoms with van der Waals surface area (Å²) in [6.45, 7) is 1.53. The molecule has 4 nitrogen and oxygen atoms in total. The number of aromatic nitrogens is 2. The van der Waals surface area contributed by atoms with E-state index < -0.39 is 0 Å². The second kappa shape index (κ2) is 4.28. The van der Waals surface area contributed by atoms with E-state index in [2.05, 4.69) is 9.97 Å². The Morgan fingerprint density at radius 2 is 2.21 bits per heavy atom. The molecule has 0 radical (unpaired) electrons. The van der Waals surface area contributed by atoms with E-state index in [1.165, 1.54) is 0 Å². The van der Waals surface area contributed by atoms with E-state index in [9.17, 15) is 4.79 Å². The van der Waals surface area contributed by atoms with Crippen molar-refractivity contribution in [3.05, 3.63) is 23.8 Å². The standard InChI is InChI=1S/C10H12N2O2/c13-6-8-4-11-10(12-5-8)9-2-1-3-14-7-9/h4-6,9H,1-3,7H2. The first kappa shape index (κ1) is 9.27. The van der Waals surface area contributed by atoms with E-state index in [1.807, 2.05) is 0 Å². The summed E-state index contributed by atoms with van der Waals surface area (Å²) < 4.78 is 5.34. The average molecular weight is 192 g/mol. The molecule has 0 spiro atoms. The molecule has 0 N–H and O–H groups in total. The Balaban J connectivity index is 2.11. The van der Waals surface area contributed by atoms with E-state index >= 15 is 0 Å². The van der Waals surface area contributed by atoms with E-state index in [0.717, 1.165) is 31.6 Å². The summed E-state index contributed by atoms with van der Waals surface area (Å²) in [6.07, 6.45) is 6.00. The van der Waals surface area contributed by atoms with Crippen LogP contribution in [-0.4, -0.2) is 29.5 Å². The molecule has 1 atom stereocenters. The fraction of sp³-hybridized carbons (Fsp3) is 0.500. The minimum Gasteiger partial charge on any atom is -0.381 e. The van der Waals surface area contributed by atoms with E-state index in [4.69, 9.17) is 4.74 Å². The smallest absolute Gasteiger partial charge is 0.153 e. The predicted molar refractivity (Wildman–Crippen MR) is 50.2 cm³/mol. The van der Waals surface area contributed by atoms with Crippen LogP contribution in [0.1, 0.15) is 34.9 Å². The number of carbonyl (C=O) groups is 1. The lowest BCUT2D eigenvalue weighted by Crippen LogP contribution is -2.17. The summed E-state index contributed by atoms with van der Waals surface area (Å²) in [5, 5.41) is 0. The first-order valence-electron chi connectivity index (χ1n) is 4.75. The highest BCUT2D eigenvalue weighted by atomic mass is 16.5. The molecule has 1 unspecified atom stereocenters. The maximum atomic E-state index is 10.4. The first-order valence-corrected chi connectivity index (χ1v) is 4.75. The minimum absolute atomic E-state index is 0.296. The summed E-state index contributed by atoms with van der Waals surface area (Å²) in [7, 11) is 0. The summed E-state index contributed by atoms with van der Waals surface area (Å²) in [4.78, 5) is 18.7. The van der Waals surface area contributed by atoms with Crippen LogP contribution in [0.4, 0.5) is 0 Å². The van der Waals surface area contributed by atoms with Crippen molar-refractivity contribution in [3.8, 4) is 0 Å². The molecule has 0 aliphatic carbocycles.